The fraction of sp³-hybridized carbons (Fsp3) is 0.500. The number of hydrogen-bond donors (Lipinski definition) is 3. The average Bonchev–Trinajstić information content (AvgIpc) is 2.89. The van der Waals surface area contributed by atoms with Gasteiger partial charge in [0.25, 0.3) is 0 Å². The molecule has 0 saturated heterocycles. The van der Waals surface area contributed by atoms with Crippen LogP contribution in [0, 0.1) is 5.92 Å². The fourth-order valence-electron chi connectivity index (χ4n) is 2.34. The van der Waals surface area contributed by atoms with Crippen LogP contribution in [0.25, 0.3) is 5.65 Å². The molecule has 2 aromatic heterocycles. The second kappa shape index (κ2) is 7.79. The summed E-state index contributed by atoms with van der Waals surface area (Å²) >= 11 is 0. The number of rotatable bonds is 7. The largest absolute Gasteiger partial charge is 0.396 e. The highest BCUT2D eigenvalue weighted by Gasteiger charge is 2.15. The second-order valence-corrected chi connectivity index (χ2v) is 5.71. The number of hydrogen-bond acceptors (Lipinski definition) is 3. The quantitative estimate of drug-likeness (QED) is 0.727. The van der Waals surface area contributed by atoms with E-state index in [9.17, 15) is 4.79 Å². The summed E-state index contributed by atoms with van der Waals surface area (Å²) in [6, 6.07) is 5.64. The van der Waals surface area contributed by atoms with Crippen LogP contribution in [0.15, 0.2) is 30.6 Å². The molecular formula is C16H24N4O2. The minimum atomic E-state index is -0.198. The number of aliphatic hydroxyl groups is 1. The molecule has 1 atom stereocenters. The number of aliphatic hydroxyl groups excluding tert-OH is 1. The van der Waals surface area contributed by atoms with Crippen molar-refractivity contribution in [2.45, 2.75) is 32.7 Å². The summed E-state index contributed by atoms with van der Waals surface area (Å²) in [5.41, 5.74) is 1.85. The van der Waals surface area contributed by atoms with Gasteiger partial charge in [-0.2, -0.15) is 0 Å². The first-order chi connectivity index (χ1) is 10.6. The van der Waals surface area contributed by atoms with Gasteiger partial charge in [0.2, 0.25) is 0 Å². The van der Waals surface area contributed by atoms with Crippen LogP contribution >= 0.6 is 0 Å². The van der Waals surface area contributed by atoms with Crippen molar-refractivity contribution in [2.75, 3.05) is 13.2 Å². The molecule has 22 heavy (non-hydrogen) atoms. The van der Waals surface area contributed by atoms with Crippen LogP contribution in [-0.4, -0.2) is 39.7 Å². The van der Waals surface area contributed by atoms with Crippen LogP contribution < -0.4 is 10.6 Å². The van der Waals surface area contributed by atoms with Gasteiger partial charge in [0.1, 0.15) is 5.65 Å². The molecular weight excluding hydrogens is 280 g/mol. The standard InChI is InChI=1S/C16H24N4O2/c1-12(2)14(7-10-21)19-16(22)17-8-6-13-11-20-9-4-3-5-15(20)18-13/h3-5,9,11-12,14,21H,6-8,10H2,1-2H3,(H2,17,19,22). The molecule has 0 aromatic carbocycles. The van der Waals surface area contributed by atoms with E-state index in [0.717, 1.165) is 11.3 Å². The molecule has 0 saturated carbocycles. The molecule has 0 radical (unpaired) electrons. The molecule has 2 amide bonds. The molecule has 3 N–H and O–H groups in total. The van der Waals surface area contributed by atoms with Crippen molar-refractivity contribution in [3.8, 4) is 0 Å². The van der Waals surface area contributed by atoms with Crippen LogP contribution in [0.4, 0.5) is 4.79 Å². The Morgan fingerprint density at radius 1 is 1.41 bits per heavy atom. The smallest absolute Gasteiger partial charge is 0.315 e. The van der Waals surface area contributed by atoms with Gasteiger partial charge in [-0.05, 0) is 24.5 Å². The first kappa shape index (κ1) is 16.3. The third-order valence-electron chi connectivity index (χ3n) is 3.64. The van der Waals surface area contributed by atoms with E-state index < -0.39 is 0 Å². The van der Waals surface area contributed by atoms with Gasteiger partial charge < -0.3 is 20.1 Å². The number of amides is 2. The van der Waals surface area contributed by atoms with Crippen molar-refractivity contribution in [3.63, 3.8) is 0 Å². The van der Waals surface area contributed by atoms with Crippen LogP contribution in [-0.2, 0) is 6.42 Å². The highest BCUT2D eigenvalue weighted by molar-refractivity contribution is 5.74. The van der Waals surface area contributed by atoms with E-state index in [1.807, 2.05) is 48.8 Å². The molecule has 0 bridgehead atoms. The van der Waals surface area contributed by atoms with E-state index in [1.165, 1.54) is 0 Å². The number of nitrogens with zero attached hydrogens (tertiary/aromatic N) is 2. The molecule has 0 aliphatic heterocycles. The maximum atomic E-state index is 11.9. The van der Waals surface area contributed by atoms with Gasteiger partial charge in [-0.3, -0.25) is 0 Å². The molecule has 1 unspecified atom stereocenters. The molecule has 6 heteroatoms. The lowest BCUT2D eigenvalue weighted by atomic mass is 10.0. The maximum absolute atomic E-state index is 11.9. The van der Waals surface area contributed by atoms with Crippen molar-refractivity contribution >= 4 is 11.7 Å². The Hall–Kier alpha value is -2.08. The Labute approximate surface area is 130 Å². The predicted molar refractivity (Wildman–Crippen MR) is 85.8 cm³/mol. The predicted octanol–water partition coefficient (Wildman–Crippen LogP) is 1.58. The van der Waals surface area contributed by atoms with E-state index in [4.69, 9.17) is 5.11 Å². The Morgan fingerprint density at radius 3 is 2.91 bits per heavy atom. The maximum Gasteiger partial charge on any atom is 0.315 e. The first-order valence-electron chi connectivity index (χ1n) is 7.68. The first-order valence-corrected chi connectivity index (χ1v) is 7.68. The van der Waals surface area contributed by atoms with Crippen LogP contribution in [0.2, 0.25) is 0 Å². The zero-order valence-electron chi connectivity index (χ0n) is 13.1. The number of urea groups is 1. The second-order valence-electron chi connectivity index (χ2n) is 5.71. The summed E-state index contributed by atoms with van der Waals surface area (Å²) in [7, 11) is 0. The minimum Gasteiger partial charge on any atom is -0.396 e. The summed E-state index contributed by atoms with van der Waals surface area (Å²) in [5, 5.41) is 14.7. The summed E-state index contributed by atoms with van der Waals surface area (Å²) in [6.45, 7) is 4.65. The zero-order chi connectivity index (χ0) is 15.9. The van der Waals surface area contributed by atoms with Gasteiger partial charge in [-0.1, -0.05) is 19.9 Å². The normalized spacial score (nSPS) is 12.5. The Kier molecular flexibility index (Phi) is 5.77. The molecule has 0 fully saturated rings. The molecule has 0 aliphatic rings. The van der Waals surface area contributed by atoms with Gasteiger partial charge in [-0.15, -0.1) is 0 Å². The molecule has 2 rings (SSSR count). The third-order valence-corrected chi connectivity index (χ3v) is 3.64. The lowest BCUT2D eigenvalue weighted by molar-refractivity contribution is 0.219. The number of fused-ring (bicyclic) bond motifs is 1. The van der Waals surface area contributed by atoms with Crippen molar-refractivity contribution in [2.24, 2.45) is 5.92 Å². The lowest BCUT2D eigenvalue weighted by Crippen LogP contribution is -2.45. The Morgan fingerprint density at radius 2 is 2.23 bits per heavy atom. The number of aromatic nitrogens is 2. The number of imidazole rings is 1. The van der Waals surface area contributed by atoms with Gasteiger partial charge >= 0.3 is 6.03 Å². The van der Waals surface area contributed by atoms with Crippen LogP contribution in [0.5, 0.6) is 0 Å². The van der Waals surface area contributed by atoms with Gasteiger partial charge in [-0.25, -0.2) is 9.78 Å². The third kappa shape index (κ3) is 4.46. The van der Waals surface area contributed by atoms with E-state index in [0.29, 0.717) is 19.4 Å². The van der Waals surface area contributed by atoms with E-state index in [-0.39, 0.29) is 24.6 Å². The monoisotopic (exact) mass is 304 g/mol. The average molecular weight is 304 g/mol. The van der Waals surface area contributed by atoms with E-state index in [2.05, 4.69) is 15.6 Å². The van der Waals surface area contributed by atoms with Crippen LogP contribution in [0.3, 0.4) is 0 Å². The van der Waals surface area contributed by atoms with Gasteiger partial charge in [0.05, 0.1) is 5.69 Å². The number of carbonyl (C=O) groups excluding carboxylic acids is 1. The Balaban J connectivity index is 1.78. The van der Waals surface area contributed by atoms with E-state index >= 15 is 0 Å². The number of nitrogens with one attached hydrogen (secondary N) is 2. The topological polar surface area (TPSA) is 78.7 Å². The van der Waals surface area contributed by atoms with E-state index in [1.54, 1.807) is 0 Å². The number of pyridine rings is 1. The molecule has 120 valence electrons. The highest BCUT2D eigenvalue weighted by Crippen LogP contribution is 2.06. The van der Waals surface area contributed by atoms with Crippen molar-refractivity contribution in [1.82, 2.24) is 20.0 Å². The van der Waals surface area contributed by atoms with Crippen molar-refractivity contribution in [3.05, 3.63) is 36.3 Å². The molecule has 2 aromatic rings. The minimum absolute atomic E-state index is 0.0137. The number of carbonyl (C=O) groups is 1. The van der Waals surface area contributed by atoms with Crippen molar-refractivity contribution in [1.29, 1.82) is 0 Å². The molecule has 2 heterocycles. The van der Waals surface area contributed by atoms with Gasteiger partial charge in [0, 0.05) is 38.0 Å². The zero-order valence-corrected chi connectivity index (χ0v) is 13.1. The summed E-state index contributed by atoms with van der Waals surface area (Å²) in [5.74, 6) is 0.288. The summed E-state index contributed by atoms with van der Waals surface area (Å²) in [6.07, 6.45) is 5.17. The molecule has 0 aliphatic carbocycles. The Bertz CT molecular complexity index is 576. The SMILES string of the molecule is CC(C)C(CCO)NC(=O)NCCc1cn2ccccc2n1. The van der Waals surface area contributed by atoms with Gasteiger partial charge in [0.15, 0.2) is 0 Å². The summed E-state index contributed by atoms with van der Waals surface area (Å²) < 4.78 is 1.96. The van der Waals surface area contributed by atoms with Crippen LogP contribution in [0.1, 0.15) is 26.0 Å². The lowest BCUT2D eigenvalue weighted by Gasteiger charge is -2.21. The molecule has 0 spiro atoms. The highest BCUT2D eigenvalue weighted by atomic mass is 16.3. The molecule has 6 nitrogen and oxygen atoms in total. The fourth-order valence-corrected chi connectivity index (χ4v) is 2.34. The summed E-state index contributed by atoms with van der Waals surface area (Å²) in [4.78, 5) is 16.4. The van der Waals surface area contributed by atoms with Crippen molar-refractivity contribution < 1.29 is 9.90 Å².